The molecule has 1 amide bonds. The summed E-state index contributed by atoms with van der Waals surface area (Å²) in [5, 5.41) is 21.9. The number of halogens is 2. The number of carbonyl (C=O) groups excluding carboxylic acids is 1. The van der Waals surface area contributed by atoms with Crippen LogP contribution in [0.15, 0.2) is 57.3 Å². The van der Waals surface area contributed by atoms with Gasteiger partial charge in [-0.15, -0.1) is 10.2 Å². The summed E-state index contributed by atoms with van der Waals surface area (Å²) in [6.45, 7) is 0. The first-order chi connectivity index (χ1) is 12.8. The minimum Gasteiger partial charge on any atom is -0.319 e. The minimum absolute atomic E-state index is 0.0246. The molecular formula is C16H11BrFN5O3S. The fourth-order valence-electron chi connectivity index (χ4n) is 2.14. The van der Waals surface area contributed by atoms with E-state index >= 15 is 0 Å². The molecule has 1 N–H and O–H groups in total. The first-order valence-corrected chi connectivity index (χ1v) is 9.03. The van der Waals surface area contributed by atoms with Crippen LogP contribution in [-0.4, -0.2) is 25.6 Å². The summed E-state index contributed by atoms with van der Waals surface area (Å²) < 4.78 is 16.0. The van der Waals surface area contributed by atoms with Crippen molar-refractivity contribution in [1.29, 1.82) is 0 Å². The number of amides is 1. The van der Waals surface area contributed by atoms with Crippen molar-refractivity contribution < 1.29 is 14.1 Å². The Bertz CT molecular complexity index is 1040. The number of anilines is 1. The molecule has 0 saturated carbocycles. The molecule has 0 spiro atoms. The molecule has 0 fully saturated rings. The maximum Gasteiger partial charge on any atom is 0.284 e. The smallest absolute Gasteiger partial charge is 0.284 e. The predicted molar refractivity (Wildman–Crippen MR) is 100 cm³/mol. The second-order valence-electron chi connectivity index (χ2n) is 5.34. The fourth-order valence-corrected chi connectivity index (χ4v) is 3.32. The lowest BCUT2D eigenvalue weighted by atomic mass is 10.2. The normalized spacial score (nSPS) is 10.6. The van der Waals surface area contributed by atoms with Crippen molar-refractivity contribution in [1.82, 2.24) is 14.8 Å². The first-order valence-electron chi connectivity index (χ1n) is 7.42. The van der Waals surface area contributed by atoms with Crippen LogP contribution >= 0.6 is 27.7 Å². The van der Waals surface area contributed by atoms with E-state index in [1.807, 2.05) is 0 Å². The van der Waals surface area contributed by atoms with E-state index in [1.54, 1.807) is 17.7 Å². The Labute approximate surface area is 165 Å². The number of carbonyl (C=O) groups is 1. The number of benzene rings is 2. The van der Waals surface area contributed by atoms with Crippen molar-refractivity contribution in [3.8, 4) is 0 Å². The standard InChI is InChI=1S/C16H11BrFN5O3S/c1-22-8-19-21-16(22)27-14-5-2-9(6-13(14)23(25)26)15(24)20-12-4-3-10(17)7-11(12)18/h2-8H,1H3,(H,20,24). The third-order valence-electron chi connectivity index (χ3n) is 3.47. The molecule has 0 saturated heterocycles. The van der Waals surface area contributed by atoms with Gasteiger partial charge in [0.2, 0.25) is 0 Å². The highest BCUT2D eigenvalue weighted by Gasteiger charge is 2.20. The monoisotopic (exact) mass is 451 g/mol. The Morgan fingerprint density at radius 2 is 2.11 bits per heavy atom. The molecule has 3 aromatic rings. The van der Waals surface area contributed by atoms with Crippen LogP contribution in [0.3, 0.4) is 0 Å². The summed E-state index contributed by atoms with van der Waals surface area (Å²) in [5.74, 6) is -1.28. The van der Waals surface area contributed by atoms with Gasteiger partial charge in [-0.2, -0.15) is 0 Å². The van der Waals surface area contributed by atoms with Crippen molar-refractivity contribution >= 4 is 45.0 Å². The highest BCUT2D eigenvalue weighted by molar-refractivity contribution is 9.10. The molecule has 0 atom stereocenters. The van der Waals surface area contributed by atoms with E-state index < -0.39 is 16.6 Å². The number of aryl methyl sites for hydroxylation is 1. The molecule has 1 aromatic heterocycles. The van der Waals surface area contributed by atoms with Crippen molar-refractivity contribution in [2.45, 2.75) is 10.1 Å². The molecule has 0 aliphatic carbocycles. The van der Waals surface area contributed by atoms with E-state index in [2.05, 4.69) is 31.4 Å². The highest BCUT2D eigenvalue weighted by atomic mass is 79.9. The molecule has 3 rings (SSSR count). The van der Waals surface area contributed by atoms with E-state index in [0.717, 1.165) is 17.8 Å². The Balaban J connectivity index is 1.88. The molecule has 27 heavy (non-hydrogen) atoms. The molecule has 8 nitrogen and oxygen atoms in total. The van der Waals surface area contributed by atoms with Gasteiger partial charge in [-0.25, -0.2) is 4.39 Å². The van der Waals surface area contributed by atoms with Gasteiger partial charge in [0.1, 0.15) is 12.1 Å². The summed E-state index contributed by atoms with van der Waals surface area (Å²) in [4.78, 5) is 23.5. The van der Waals surface area contributed by atoms with Gasteiger partial charge in [0.25, 0.3) is 11.6 Å². The third-order valence-corrected chi connectivity index (χ3v) is 5.08. The quantitative estimate of drug-likeness (QED) is 0.463. The van der Waals surface area contributed by atoms with Crippen LogP contribution in [0.4, 0.5) is 15.8 Å². The lowest BCUT2D eigenvalue weighted by Crippen LogP contribution is -2.13. The second kappa shape index (κ2) is 7.84. The Morgan fingerprint density at radius 3 is 2.74 bits per heavy atom. The Morgan fingerprint density at radius 1 is 1.33 bits per heavy atom. The SMILES string of the molecule is Cn1cnnc1Sc1ccc(C(=O)Nc2ccc(Br)cc2F)cc1[N+](=O)[O-]. The zero-order valence-corrected chi connectivity index (χ0v) is 16.1. The maximum absolute atomic E-state index is 13.9. The van der Waals surface area contributed by atoms with Crippen LogP contribution in [0, 0.1) is 15.9 Å². The van der Waals surface area contributed by atoms with Crippen LogP contribution in [0.1, 0.15) is 10.4 Å². The van der Waals surface area contributed by atoms with Crippen LogP contribution in [0.25, 0.3) is 0 Å². The van der Waals surface area contributed by atoms with E-state index in [-0.39, 0.29) is 16.9 Å². The number of hydrogen-bond acceptors (Lipinski definition) is 6. The van der Waals surface area contributed by atoms with E-state index in [1.165, 1.54) is 30.6 Å². The summed E-state index contributed by atoms with van der Waals surface area (Å²) in [7, 11) is 1.71. The summed E-state index contributed by atoms with van der Waals surface area (Å²) in [5.41, 5.74) is -0.248. The van der Waals surface area contributed by atoms with Crippen LogP contribution < -0.4 is 5.32 Å². The number of nitrogens with one attached hydrogen (secondary N) is 1. The Kier molecular flexibility index (Phi) is 5.51. The maximum atomic E-state index is 13.9. The second-order valence-corrected chi connectivity index (χ2v) is 7.27. The minimum atomic E-state index is -0.658. The van der Waals surface area contributed by atoms with Gasteiger partial charge in [-0.3, -0.25) is 14.9 Å². The Hall–Kier alpha value is -2.79. The number of nitro benzene ring substituents is 1. The molecule has 2 aromatic carbocycles. The van der Waals surface area contributed by atoms with Crippen LogP contribution in [-0.2, 0) is 7.05 Å². The van der Waals surface area contributed by atoms with Gasteiger partial charge in [-0.05, 0) is 42.1 Å². The van der Waals surface area contributed by atoms with Gasteiger partial charge in [-0.1, -0.05) is 15.9 Å². The molecule has 138 valence electrons. The fraction of sp³-hybridized carbons (Fsp3) is 0.0625. The number of hydrogen-bond donors (Lipinski definition) is 1. The van der Waals surface area contributed by atoms with Gasteiger partial charge >= 0.3 is 0 Å². The molecule has 0 bridgehead atoms. The molecular weight excluding hydrogens is 441 g/mol. The van der Waals surface area contributed by atoms with Crippen molar-refractivity contribution in [3.63, 3.8) is 0 Å². The van der Waals surface area contributed by atoms with Gasteiger partial charge < -0.3 is 9.88 Å². The number of aromatic nitrogens is 3. The van der Waals surface area contributed by atoms with Gasteiger partial charge in [0.05, 0.1) is 15.5 Å². The molecule has 11 heteroatoms. The van der Waals surface area contributed by atoms with E-state index in [9.17, 15) is 19.3 Å². The van der Waals surface area contributed by atoms with Gasteiger partial charge in [0, 0.05) is 23.2 Å². The van der Waals surface area contributed by atoms with Crippen molar-refractivity contribution in [2.75, 3.05) is 5.32 Å². The van der Waals surface area contributed by atoms with E-state index in [4.69, 9.17) is 0 Å². The topological polar surface area (TPSA) is 103 Å². The number of nitro groups is 1. The lowest BCUT2D eigenvalue weighted by Gasteiger charge is -2.08. The molecule has 0 aliphatic rings. The van der Waals surface area contributed by atoms with Crippen molar-refractivity contribution in [2.24, 2.45) is 7.05 Å². The average molecular weight is 452 g/mol. The number of rotatable bonds is 5. The number of nitrogens with zero attached hydrogens (tertiary/aromatic N) is 4. The third kappa shape index (κ3) is 4.31. The molecule has 0 aliphatic heterocycles. The average Bonchev–Trinajstić information content (AvgIpc) is 3.02. The van der Waals surface area contributed by atoms with Crippen molar-refractivity contribution in [3.05, 3.63) is 68.7 Å². The lowest BCUT2D eigenvalue weighted by molar-refractivity contribution is -0.387. The van der Waals surface area contributed by atoms with Crippen LogP contribution in [0.2, 0.25) is 0 Å². The summed E-state index contributed by atoms with van der Waals surface area (Å²) in [6, 6.07) is 8.19. The summed E-state index contributed by atoms with van der Waals surface area (Å²) >= 11 is 4.18. The molecule has 0 radical (unpaired) electrons. The largest absolute Gasteiger partial charge is 0.319 e. The van der Waals surface area contributed by atoms with Gasteiger partial charge in [0.15, 0.2) is 5.16 Å². The first kappa shape index (κ1) is 19.0. The zero-order valence-electron chi connectivity index (χ0n) is 13.7. The molecule has 0 unspecified atom stereocenters. The predicted octanol–water partition coefficient (Wildman–Crippen LogP) is 4.03. The van der Waals surface area contributed by atoms with E-state index in [0.29, 0.717) is 14.5 Å². The summed E-state index contributed by atoms with van der Waals surface area (Å²) in [6.07, 6.45) is 1.47. The van der Waals surface area contributed by atoms with Crippen LogP contribution in [0.5, 0.6) is 0 Å². The zero-order chi connectivity index (χ0) is 19.6. The highest BCUT2D eigenvalue weighted by Crippen LogP contribution is 2.34. The molecule has 1 heterocycles.